The van der Waals surface area contributed by atoms with E-state index in [2.05, 4.69) is 0 Å². The van der Waals surface area contributed by atoms with Crippen molar-refractivity contribution in [3.8, 4) is 11.5 Å². The van der Waals surface area contributed by atoms with Crippen LogP contribution in [0.1, 0.15) is 17.3 Å². The number of carbonyl (C=O) groups is 2. The molecule has 1 amide bonds. The average molecular weight is 253 g/mol. The van der Waals surface area contributed by atoms with E-state index in [1.165, 1.54) is 39.3 Å². The van der Waals surface area contributed by atoms with E-state index in [-0.39, 0.29) is 17.1 Å². The first-order valence-electron chi connectivity index (χ1n) is 5.25. The fraction of sp³-hybridized carbons (Fsp3) is 0.333. The Hall–Kier alpha value is -2.24. The van der Waals surface area contributed by atoms with Crippen LogP contribution < -0.4 is 4.74 Å². The molecule has 6 heteroatoms. The second-order valence-corrected chi connectivity index (χ2v) is 3.82. The summed E-state index contributed by atoms with van der Waals surface area (Å²) in [6.45, 7) is 1.41. The summed E-state index contributed by atoms with van der Waals surface area (Å²) in [5.41, 5.74) is 0.198. The van der Waals surface area contributed by atoms with Crippen LogP contribution in [0.4, 0.5) is 0 Å². The first-order chi connectivity index (χ1) is 8.38. The number of benzene rings is 1. The molecule has 0 saturated heterocycles. The average Bonchev–Trinajstić information content (AvgIpc) is 2.35. The number of carboxylic acids is 1. The van der Waals surface area contributed by atoms with Crippen molar-refractivity contribution in [2.75, 3.05) is 14.2 Å². The summed E-state index contributed by atoms with van der Waals surface area (Å²) >= 11 is 0. The Balaban J connectivity index is 2.97. The minimum Gasteiger partial charge on any atom is -0.504 e. The molecule has 0 spiro atoms. The Morgan fingerprint density at radius 2 is 2.00 bits per heavy atom. The summed E-state index contributed by atoms with van der Waals surface area (Å²) in [5, 5.41) is 18.4. The smallest absolute Gasteiger partial charge is 0.326 e. The maximum absolute atomic E-state index is 12.0. The van der Waals surface area contributed by atoms with Crippen molar-refractivity contribution in [1.29, 1.82) is 0 Å². The van der Waals surface area contributed by atoms with Gasteiger partial charge in [-0.3, -0.25) is 4.79 Å². The van der Waals surface area contributed by atoms with Crippen LogP contribution in [0.2, 0.25) is 0 Å². The lowest BCUT2D eigenvalue weighted by Gasteiger charge is -2.21. The normalized spacial score (nSPS) is 11.7. The Morgan fingerprint density at radius 1 is 1.39 bits per heavy atom. The van der Waals surface area contributed by atoms with Gasteiger partial charge in [-0.25, -0.2) is 4.79 Å². The van der Waals surface area contributed by atoms with E-state index in [1.54, 1.807) is 0 Å². The molecule has 1 aromatic carbocycles. The van der Waals surface area contributed by atoms with Gasteiger partial charge in [-0.15, -0.1) is 0 Å². The van der Waals surface area contributed by atoms with Crippen LogP contribution in [0.3, 0.4) is 0 Å². The van der Waals surface area contributed by atoms with Gasteiger partial charge >= 0.3 is 5.97 Å². The summed E-state index contributed by atoms with van der Waals surface area (Å²) in [6.07, 6.45) is 0. The first kappa shape index (κ1) is 13.8. The number of rotatable bonds is 4. The lowest BCUT2D eigenvalue weighted by Crippen LogP contribution is -2.40. The molecule has 18 heavy (non-hydrogen) atoms. The second kappa shape index (κ2) is 5.39. The highest BCUT2D eigenvalue weighted by atomic mass is 16.5. The third-order valence-electron chi connectivity index (χ3n) is 2.68. The van der Waals surface area contributed by atoms with Gasteiger partial charge in [0, 0.05) is 12.6 Å². The molecule has 1 unspecified atom stereocenters. The maximum Gasteiger partial charge on any atom is 0.326 e. The fourth-order valence-electron chi connectivity index (χ4n) is 1.37. The van der Waals surface area contributed by atoms with E-state index < -0.39 is 17.9 Å². The summed E-state index contributed by atoms with van der Waals surface area (Å²) in [6, 6.07) is 3.21. The predicted octanol–water partition coefficient (Wildman–Crippen LogP) is 0.946. The highest BCUT2D eigenvalue weighted by Gasteiger charge is 2.23. The van der Waals surface area contributed by atoms with Gasteiger partial charge in [0.1, 0.15) is 6.04 Å². The number of aromatic hydroxyl groups is 1. The van der Waals surface area contributed by atoms with Crippen LogP contribution in [0, 0.1) is 0 Å². The van der Waals surface area contributed by atoms with Crippen LogP contribution in [-0.4, -0.2) is 47.2 Å². The number of amides is 1. The molecule has 1 aromatic rings. The molecule has 0 saturated carbocycles. The minimum atomic E-state index is -1.09. The van der Waals surface area contributed by atoms with Gasteiger partial charge in [0.05, 0.1) is 7.11 Å². The van der Waals surface area contributed by atoms with Gasteiger partial charge in [0.2, 0.25) is 0 Å². The molecule has 98 valence electrons. The Morgan fingerprint density at radius 3 is 2.44 bits per heavy atom. The molecule has 6 nitrogen and oxygen atoms in total. The van der Waals surface area contributed by atoms with E-state index in [0.717, 1.165) is 4.90 Å². The zero-order chi connectivity index (χ0) is 13.9. The number of methoxy groups -OCH3 is 1. The maximum atomic E-state index is 12.0. The van der Waals surface area contributed by atoms with Gasteiger partial charge < -0.3 is 19.8 Å². The van der Waals surface area contributed by atoms with Crippen molar-refractivity contribution in [2.24, 2.45) is 0 Å². The van der Waals surface area contributed by atoms with Crippen molar-refractivity contribution in [3.05, 3.63) is 23.8 Å². The Bertz CT molecular complexity index is 472. The molecule has 0 radical (unpaired) electrons. The minimum absolute atomic E-state index is 0.167. The fourth-order valence-corrected chi connectivity index (χ4v) is 1.37. The van der Waals surface area contributed by atoms with Crippen LogP contribution in [-0.2, 0) is 4.79 Å². The molecule has 0 fully saturated rings. The van der Waals surface area contributed by atoms with Gasteiger partial charge in [-0.05, 0) is 25.1 Å². The molecule has 1 rings (SSSR count). The summed E-state index contributed by atoms with van der Waals surface area (Å²) in [4.78, 5) is 23.8. The summed E-state index contributed by atoms with van der Waals surface area (Å²) in [5.74, 6) is -1.49. The first-order valence-corrected chi connectivity index (χ1v) is 5.25. The van der Waals surface area contributed by atoms with Crippen LogP contribution in [0.5, 0.6) is 11.5 Å². The molecule has 0 aliphatic carbocycles. The number of phenolic OH excluding ortho intramolecular Hbond substituents is 1. The van der Waals surface area contributed by atoms with Gasteiger partial charge in [-0.2, -0.15) is 0 Å². The monoisotopic (exact) mass is 253 g/mol. The largest absolute Gasteiger partial charge is 0.504 e. The summed E-state index contributed by atoms with van der Waals surface area (Å²) in [7, 11) is 2.79. The van der Waals surface area contributed by atoms with Gasteiger partial charge in [-0.1, -0.05) is 0 Å². The number of ether oxygens (including phenoxy) is 1. The number of nitrogens with zero attached hydrogens (tertiary/aromatic N) is 1. The molecule has 0 aliphatic heterocycles. The van der Waals surface area contributed by atoms with Crippen LogP contribution >= 0.6 is 0 Å². The predicted molar refractivity (Wildman–Crippen MR) is 63.9 cm³/mol. The highest BCUT2D eigenvalue weighted by Crippen LogP contribution is 2.26. The number of phenols is 1. The highest BCUT2D eigenvalue weighted by molar-refractivity contribution is 5.96. The SMILES string of the molecule is COc1ccc(C(=O)N(C)C(C)C(=O)O)cc1O. The van der Waals surface area contributed by atoms with Gasteiger partial charge in [0.25, 0.3) is 5.91 Å². The van der Waals surface area contributed by atoms with E-state index in [4.69, 9.17) is 9.84 Å². The molecule has 0 aromatic heterocycles. The van der Waals surface area contributed by atoms with E-state index in [9.17, 15) is 14.7 Å². The van der Waals surface area contributed by atoms with Crippen LogP contribution in [0.25, 0.3) is 0 Å². The van der Waals surface area contributed by atoms with E-state index in [0.29, 0.717) is 0 Å². The number of aliphatic carboxylic acids is 1. The molecule has 0 bridgehead atoms. The molecule has 2 N–H and O–H groups in total. The Labute approximate surface area is 104 Å². The van der Waals surface area contributed by atoms with E-state index >= 15 is 0 Å². The third-order valence-corrected chi connectivity index (χ3v) is 2.68. The van der Waals surface area contributed by atoms with Crippen LogP contribution in [0.15, 0.2) is 18.2 Å². The topological polar surface area (TPSA) is 87.1 Å². The lowest BCUT2D eigenvalue weighted by atomic mass is 10.1. The lowest BCUT2D eigenvalue weighted by molar-refractivity contribution is -0.141. The number of likely N-dealkylation sites (N-methyl/N-ethyl adjacent to an activating group) is 1. The molecule has 0 aliphatic rings. The molecule has 0 heterocycles. The summed E-state index contributed by atoms with van der Waals surface area (Å²) < 4.78 is 4.86. The molecular weight excluding hydrogens is 238 g/mol. The second-order valence-electron chi connectivity index (χ2n) is 3.82. The standard InChI is InChI=1S/C12H15NO5/c1-7(12(16)17)13(2)11(15)8-4-5-10(18-3)9(14)6-8/h4-7,14H,1-3H3,(H,16,17). The number of carboxylic acid groups (broad SMARTS) is 1. The van der Waals surface area contributed by atoms with Crippen molar-refractivity contribution in [1.82, 2.24) is 4.90 Å². The van der Waals surface area contributed by atoms with Crippen molar-refractivity contribution < 1.29 is 24.5 Å². The number of carbonyl (C=O) groups excluding carboxylic acids is 1. The van der Waals surface area contributed by atoms with Crippen molar-refractivity contribution in [2.45, 2.75) is 13.0 Å². The van der Waals surface area contributed by atoms with Gasteiger partial charge in [0.15, 0.2) is 11.5 Å². The zero-order valence-electron chi connectivity index (χ0n) is 10.4. The Kier molecular flexibility index (Phi) is 4.14. The van der Waals surface area contributed by atoms with Crippen molar-refractivity contribution >= 4 is 11.9 Å². The number of hydrogen-bond donors (Lipinski definition) is 2. The van der Waals surface area contributed by atoms with Crippen molar-refractivity contribution in [3.63, 3.8) is 0 Å². The van der Waals surface area contributed by atoms with E-state index in [1.807, 2.05) is 0 Å². The molecular formula is C12H15NO5. The quantitative estimate of drug-likeness (QED) is 0.834. The zero-order valence-corrected chi connectivity index (χ0v) is 10.4. The number of hydrogen-bond acceptors (Lipinski definition) is 4. The molecule has 1 atom stereocenters. The third kappa shape index (κ3) is 2.71.